The zero-order valence-corrected chi connectivity index (χ0v) is 21.9. The molecule has 0 unspecified atom stereocenters. The Bertz CT molecular complexity index is 1150. The number of rotatable bonds is 7. The molecule has 3 heterocycles. The van der Waals surface area contributed by atoms with E-state index in [1.165, 1.54) is 29.4 Å². The molecule has 0 bridgehead atoms. The molecule has 1 saturated heterocycles. The summed E-state index contributed by atoms with van der Waals surface area (Å²) in [6.07, 6.45) is 5.48. The Morgan fingerprint density at radius 2 is 1.69 bits per heavy atom. The second-order valence-electron chi connectivity index (χ2n) is 9.74. The van der Waals surface area contributed by atoms with Crippen molar-refractivity contribution in [1.29, 1.82) is 0 Å². The third kappa shape index (κ3) is 4.04. The smallest absolute Gasteiger partial charge is 0.465 e. The lowest BCUT2D eigenvalue weighted by molar-refractivity contribution is 0.00578. The molecule has 0 aliphatic carbocycles. The summed E-state index contributed by atoms with van der Waals surface area (Å²) >= 11 is 3.47. The summed E-state index contributed by atoms with van der Waals surface area (Å²) in [5.41, 5.74) is 1.06. The van der Waals surface area contributed by atoms with Gasteiger partial charge in [-0.3, -0.25) is 0 Å². The molecular formula is C24H32B2O4S2. The van der Waals surface area contributed by atoms with E-state index in [2.05, 4.69) is 54.6 Å². The first kappa shape index (κ1) is 23.8. The fourth-order valence-corrected chi connectivity index (χ4v) is 6.69. The van der Waals surface area contributed by atoms with E-state index in [1.807, 2.05) is 0 Å². The first-order valence-electron chi connectivity index (χ1n) is 11.5. The van der Waals surface area contributed by atoms with Crippen molar-refractivity contribution in [2.24, 2.45) is 0 Å². The van der Waals surface area contributed by atoms with Crippen molar-refractivity contribution < 1.29 is 18.8 Å². The van der Waals surface area contributed by atoms with Crippen LogP contribution in [0.25, 0.3) is 20.2 Å². The third-order valence-electron chi connectivity index (χ3n) is 6.86. The Kier molecular flexibility index (Phi) is 6.54. The van der Waals surface area contributed by atoms with Crippen LogP contribution in [-0.2, 0) is 20.5 Å². The molecule has 0 saturated carbocycles. The number of carbonyl (C=O) groups excluding carboxylic acids is 1. The van der Waals surface area contributed by atoms with Crippen LogP contribution in [0.2, 0.25) is 0 Å². The van der Waals surface area contributed by atoms with E-state index in [4.69, 9.17) is 14.0 Å². The number of unbranched alkanes of at least 4 members (excludes halogenated alkanes) is 3. The van der Waals surface area contributed by atoms with E-state index in [1.54, 1.807) is 22.7 Å². The van der Waals surface area contributed by atoms with E-state index >= 15 is 0 Å². The fourth-order valence-electron chi connectivity index (χ4n) is 4.37. The summed E-state index contributed by atoms with van der Waals surface area (Å²) in [5, 5.41) is 2.16. The van der Waals surface area contributed by atoms with Gasteiger partial charge in [0.05, 0.1) is 33.3 Å². The number of esters is 1. The first-order chi connectivity index (χ1) is 15.1. The summed E-state index contributed by atoms with van der Waals surface area (Å²) in [7, 11) is 3.17. The van der Waals surface area contributed by atoms with Crippen molar-refractivity contribution in [2.75, 3.05) is 7.11 Å². The third-order valence-corrected chi connectivity index (χ3v) is 9.24. The molecule has 4 rings (SSSR count). The molecule has 1 aliphatic heterocycles. The second kappa shape index (κ2) is 8.79. The van der Waals surface area contributed by atoms with Gasteiger partial charge < -0.3 is 14.0 Å². The van der Waals surface area contributed by atoms with Gasteiger partial charge in [-0.2, -0.15) is 0 Å². The van der Waals surface area contributed by atoms with Gasteiger partial charge in [-0.15, -0.1) is 22.7 Å². The Hall–Kier alpha value is -1.34. The molecule has 8 heteroatoms. The average Bonchev–Trinajstić information content (AvgIpc) is 3.38. The van der Waals surface area contributed by atoms with Gasteiger partial charge in [0.15, 0.2) is 7.85 Å². The van der Waals surface area contributed by atoms with E-state index in [9.17, 15) is 4.79 Å². The molecule has 0 amide bonds. The van der Waals surface area contributed by atoms with Crippen LogP contribution in [0.3, 0.4) is 0 Å². The maximum Gasteiger partial charge on any atom is 0.505 e. The molecule has 0 spiro atoms. The number of ether oxygens (including phenoxy) is 1. The molecule has 1 fully saturated rings. The lowest BCUT2D eigenvalue weighted by Crippen LogP contribution is -2.41. The molecule has 4 nitrogen and oxygen atoms in total. The molecule has 1 aromatic carbocycles. The van der Waals surface area contributed by atoms with Crippen LogP contribution in [0.5, 0.6) is 0 Å². The van der Waals surface area contributed by atoms with Crippen LogP contribution in [0, 0.1) is 0 Å². The molecule has 1 aliphatic rings. The van der Waals surface area contributed by atoms with Crippen LogP contribution < -0.4 is 9.55 Å². The lowest BCUT2D eigenvalue weighted by Gasteiger charge is -2.32. The highest BCUT2D eigenvalue weighted by Crippen LogP contribution is 2.41. The SMILES string of the molecule is Bc1cc2c(C(=O)OC)c(CCCCCC)c3cc(B4OC(C)(C)C(C)(C)O4)sc3c2s1. The highest BCUT2D eigenvalue weighted by Gasteiger charge is 2.52. The summed E-state index contributed by atoms with van der Waals surface area (Å²) in [5.74, 6) is -0.247. The van der Waals surface area contributed by atoms with Gasteiger partial charge in [0.2, 0.25) is 0 Å². The highest BCUT2D eigenvalue weighted by molar-refractivity contribution is 7.34. The van der Waals surface area contributed by atoms with Crippen molar-refractivity contribution in [3.8, 4) is 0 Å². The standard InChI is InChI=1S/C24H32B2O4S2/c1-7-8-9-10-11-14-15-13-18(26-29-23(2,3)24(4,5)30-26)32-20(15)21-16(12-17(25)31-21)19(14)22(27)28-6/h12-13H,7-11,25H2,1-6H3. The minimum atomic E-state index is -0.400. The van der Waals surface area contributed by atoms with E-state index in [-0.39, 0.29) is 17.2 Å². The quantitative estimate of drug-likeness (QED) is 0.288. The Morgan fingerprint density at radius 1 is 1.03 bits per heavy atom. The van der Waals surface area contributed by atoms with E-state index in [0.29, 0.717) is 0 Å². The largest absolute Gasteiger partial charge is 0.505 e. The molecular weight excluding hydrogens is 438 g/mol. The minimum Gasteiger partial charge on any atom is -0.465 e. The second-order valence-corrected chi connectivity index (χ2v) is 12.1. The van der Waals surface area contributed by atoms with Gasteiger partial charge in [-0.05, 0) is 68.4 Å². The zero-order chi connectivity index (χ0) is 23.3. The summed E-state index contributed by atoms with van der Waals surface area (Å²) in [6, 6.07) is 4.33. The van der Waals surface area contributed by atoms with Crippen molar-refractivity contribution in [3.63, 3.8) is 0 Å². The molecule has 0 N–H and O–H groups in total. The van der Waals surface area contributed by atoms with Gasteiger partial charge in [0, 0.05) is 10.2 Å². The maximum absolute atomic E-state index is 13.0. The van der Waals surface area contributed by atoms with E-state index < -0.39 is 7.12 Å². The van der Waals surface area contributed by atoms with Gasteiger partial charge in [0.1, 0.15) is 0 Å². The summed E-state index contributed by atoms with van der Waals surface area (Å²) in [6.45, 7) is 10.5. The van der Waals surface area contributed by atoms with Crippen LogP contribution in [0.1, 0.15) is 76.2 Å². The molecule has 0 radical (unpaired) electrons. The van der Waals surface area contributed by atoms with Crippen molar-refractivity contribution >= 4 is 73.3 Å². The predicted octanol–water partition coefficient (Wildman–Crippen LogP) is 4.58. The lowest BCUT2D eigenvalue weighted by atomic mass is 9.86. The topological polar surface area (TPSA) is 44.8 Å². The number of hydrogen-bond acceptors (Lipinski definition) is 6. The number of hydrogen-bond donors (Lipinski definition) is 0. The van der Waals surface area contributed by atoms with Gasteiger partial charge in [-0.25, -0.2) is 4.79 Å². The zero-order valence-electron chi connectivity index (χ0n) is 20.2. The van der Waals surface area contributed by atoms with Crippen LogP contribution in [0.15, 0.2) is 12.1 Å². The normalized spacial score (nSPS) is 17.5. The van der Waals surface area contributed by atoms with Crippen LogP contribution in [-0.4, -0.2) is 39.2 Å². The monoisotopic (exact) mass is 470 g/mol. The fraction of sp³-hybridized carbons (Fsp3) is 0.542. The summed E-state index contributed by atoms with van der Waals surface area (Å²) in [4.78, 5) is 13.0. The number of thiophene rings is 2. The number of carbonyl (C=O) groups is 1. The Morgan fingerprint density at radius 3 is 2.31 bits per heavy atom. The Labute approximate surface area is 200 Å². The summed E-state index contributed by atoms with van der Waals surface area (Å²) < 4.78 is 22.6. The number of fused-ring (bicyclic) bond motifs is 3. The van der Waals surface area contributed by atoms with Gasteiger partial charge >= 0.3 is 13.1 Å². The molecule has 3 aromatic rings. The van der Waals surface area contributed by atoms with Crippen molar-refractivity contribution in [3.05, 3.63) is 23.3 Å². The van der Waals surface area contributed by atoms with Crippen molar-refractivity contribution in [2.45, 2.75) is 77.9 Å². The molecule has 32 heavy (non-hydrogen) atoms. The highest BCUT2D eigenvalue weighted by atomic mass is 32.1. The number of benzene rings is 1. The van der Waals surface area contributed by atoms with Gasteiger partial charge in [-0.1, -0.05) is 26.2 Å². The Balaban J connectivity index is 1.89. The number of aryl methyl sites for hydroxylation is 1. The van der Waals surface area contributed by atoms with Crippen LogP contribution >= 0.6 is 22.7 Å². The number of methoxy groups -OCH3 is 1. The predicted molar refractivity (Wildman–Crippen MR) is 140 cm³/mol. The average molecular weight is 470 g/mol. The van der Waals surface area contributed by atoms with E-state index in [0.717, 1.165) is 50.6 Å². The van der Waals surface area contributed by atoms with Gasteiger partial charge in [0.25, 0.3) is 0 Å². The molecule has 2 aromatic heterocycles. The molecule has 0 atom stereocenters. The van der Waals surface area contributed by atoms with Crippen LogP contribution in [0.4, 0.5) is 0 Å². The first-order valence-corrected chi connectivity index (χ1v) is 13.1. The molecule has 170 valence electrons. The maximum atomic E-state index is 13.0. The van der Waals surface area contributed by atoms with Crippen molar-refractivity contribution in [1.82, 2.24) is 0 Å². The minimum absolute atomic E-state index is 0.247.